The Labute approximate surface area is 526 Å². The van der Waals surface area contributed by atoms with Gasteiger partial charge in [-0.25, -0.2) is 14.4 Å². The summed E-state index contributed by atoms with van der Waals surface area (Å²) in [6.45, 7) is 17.5. The zero-order chi connectivity index (χ0) is 65.4. The van der Waals surface area contributed by atoms with Gasteiger partial charge in [-0.1, -0.05) is 83.5 Å². The number of benzene rings is 1. The summed E-state index contributed by atoms with van der Waals surface area (Å²) in [5.41, 5.74) is 7.47. The molecule has 5 rings (SSSR count). The number of ether oxygens (including phenoxy) is 6. The predicted octanol–water partition coefficient (Wildman–Crippen LogP) is 7.89. The van der Waals surface area contributed by atoms with E-state index in [0.29, 0.717) is 68.5 Å². The van der Waals surface area contributed by atoms with Crippen molar-refractivity contribution in [1.29, 1.82) is 0 Å². The SMILES string of the molecule is CO[C@H]([C@@H](C)[C@H]1O[C@]1(C)C[C@H](C)/C=C/C=C(\C)[C@H]1O[C@@H](CCC(=O)CCOCCOC(=O)N2CCC(N(C)C(=O)OCc3ccc(CC(=O)[C@H](CCCNC(N)=O)NC(=O)[C@@H](CC(=O)CCCCCN4C(=O)C=CC4=O)C(C)C)cc3)C2)CC[C@@H]1C)[C@@H](C)O. The Morgan fingerprint density at radius 2 is 1.60 bits per heavy atom. The second-order valence-electron chi connectivity index (χ2n) is 25.5. The van der Waals surface area contributed by atoms with E-state index in [1.807, 2.05) is 13.8 Å². The zero-order valence-corrected chi connectivity index (χ0v) is 54.4. The van der Waals surface area contributed by atoms with Crippen LogP contribution in [0.1, 0.15) is 156 Å². The smallest absolute Gasteiger partial charge is 0.410 e. The number of methoxy groups -OCH3 is 1. The molecule has 1 unspecified atom stereocenters. The molecule has 12 atom stereocenters. The molecule has 5 N–H and O–H groups in total. The van der Waals surface area contributed by atoms with E-state index in [4.69, 9.17) is 34.2 Å². The number of Topliss-reactive ketones (excluding diaryl/α,β-unsaturated/α-hetero) is 3. The number of imide groups is 1. The highest BCUT2D eigenvalue weighted by Gasteiger charge is 2.57. The Hall–Kier alpha value is -6.33. The summed E-state index contributed by atoms with van der Waals surface area (Å²) in [7, 11) is 3.24. The van der Waals surface area contributed by atoms with Crippen LogP contribution >= 0.6 is 0 Å². The van der Waals surface area contributed by atoms with Gasteiger partial charge in [0.2, 0.25) is 5.91 Å². The third-order valence-corrected chi connectivity index (χ3v) is 17.7. The molecule has 0 saturated carbocycles. The number of hydrogen-bond donors (Lipinski definition) is 4. The van der Waals surface area contributed by atoms with Crippen LogP contribution in [0.3, 0.4) is 0 Å². The first-order valence-corrected chi connectivity index (χ1v) is 32.1. The van der Waals surface area contributed by atoms with E-state index >= 15 is 0 Å². The fraction of sp³-hybridized carbons (Fsp3) is 0.687. The molecule has 3 fully saturated rings. The topological polar surface area (TPSA) is 292 Å². The van der Waals surface area contributed by atoms with Crippen LogP contribution in [-0.4, -0.2) is 181 Å². The quantitative estimate of drug-likeness (QED) is 0.0211. The highest BCUT2D eigenvalue weighted by Crippen LogP contribution is 2.47. The van der Waals surface area contributed by atoms with Crippen molar-refractivity contribution in [3.8, 4) is 0 Å². The number of nitrogens with one attached hydrogen (secondary N) is 2. The Morgan fingerprint density at radius 1 is 0.888 bits per heavy atom. The van der Waals surface area contributed by atoms with E-state index in [-0.39, 0.29) is 161 Å². The van der Waals surface area contributed by atoms with Gasteiger partial charge in [0.15, 0.2) is 5.78 Å². The minimum absolute atomic E-state index is 0.00653. The molecule has 496 valence electrons. The normalized spacial score (nSPS) is 23.0. The number of aliphatic hydroxyl groups is 1. The molecule has 4 aliphatic heterocycles. The van der Waals surface area contributed by atoms with Crippen LogP contribution in [0.4, 0.5) is 14.4 Å². The number of likely N-dealkylation sites (tertiary alicyclic amines) is 1. The summed E-state index contributed by atoms with van der Waals surface area (Å²) in [6.07, 6.45) is 14.0. The van der Waals surface area contributed by atoms with Gasteiger partial charge in [-0.3, -0.25) is 33.7 Å². The lowest BCUT2D eigenvalue weighted by molar-refractivity contribution is -0.137. The van der Waals surface area contributed by atoms with Crippen LogP contribution in [0.15, 0.2) is 60.2 Å². The van der Waals surface area contributed by atoms with Gasteiger partial charge in [0.1, 0.15) is 24.8 Å². The van der Waals surface area contributed by atoms with Crippen molar-refractivity contribution in [3.63, 3.8) is 0 Å². The van der Waals surface area contributed by atoms with Crippen molar-refractivity contribution < 1.29 is 76.7 Å². The summed E-state index contributed by atoms with van der Waals surface area (Å²) >= 11 is 0. The molecule has 89 heavy (non-hydrogen) atoms. The Morgan fingerprint density at radius 3 is 2.27 bits per heavy atom. The third kappa shape index (κ3) is 24.1. The second-order valence-corrected chi connectivity index (χ2v) is 25.5. The molecule has 0 spiro atoms. The van der Waals surface area contributed by atoms with Crippen molar-refractivity contribution in [2.24, 2.45) is 35.3 Å². The van der Waals surface area contributed by atoms with Crippen LogP contribution in [0.2, 0.25) is 0 Å². The molecule has 22 heteroatoms. The summed E-state index contributed by atoms with van der Waals surface area (Å²) in [6, 6.07) is 5.04. The number of ketones is 3. The van der Waals surface area contributed by atoms with Gasteiger partial charge in [-0.15, -0.1) is 0 Å². The zero-order valence-electron chi connectivity index (χ0n) is 54.4. The number of unbranched alkanes of at least 4 members (excludes halogenated alkanes) is 2. The van der Waals surface area contributed by atoms with E-state index in [1.54, 1.807) is 45.3 Å². The fourth-order valence-electron chi connectivity index (χ4n) is 12.3. The lowest BCUT2D eigenvalue weighted by Crippen LogP contribution is -2.46. The molecule has 4 aliphatic rings. The van der Waals surface area contributed by atoms with Gasteiger partial charge >= 0.3 is 18.2 Å². The van der Waals surface area contributed by atoms with Gasteiger partial charge in [0, 0.05) is 96.4 Å². The summed E-state index contributed by atoms with van der Waals surface area (Å²) in [4.78, 5) is 119. The number of aliphatic hydroxyl groups excluding tert-OH is 1. The summed E-state index contributed by atoms with van der Waals surface area (Å²) in [5, 5.41) is 15.5. The number of carbonyl (C=O) groups excluding carboxylic acids is 9. The molecule has 0 aliphatic carbocycles. The van der Waals surface area contributed by atoms with Crippen LogP contribution < -0.4 is 16.4 Å². The Kier molecular flexibility index (Phi) is 30.1. The van der Waals surface area contributed by atoms with Crippen LogP contribution in [0.25, 0.3) is 0 Å². The number of primary amides is 1. The van der Waals surface area contributed by atoms with E-state index in [1.165, 1.54) is 22.0 Å². The first-order valence-electron chi connectivity index (χ1n) is 32.1. The lowest BCUT2D eigenvalue weighted by atomic mass is 9.85. The minimum atomic E-state index is -0.913. The molecular weight excluding hydrogens is 1140 g/mol. The number of nitrogens with zero attached hydrogens (tertiary/aromatic N) is 3. The van der Waals surface area contributed by atoms with Crippen LogP contribution in [-0.2, 0) is 70.2 Å². The number of likely N-dealkylation sites (N-methyl/N-ethyl adjacent to an activating group) is 1. The molecule has 0 bridgehead atoms. The molecule has 1 aromatic carbocycles. The van der Waals surface area contributed by atoms with E-state index in [2.05, 4.69) is 63.5 Å². The maximum absolute atomic E-state index is 13.8. The average molecular weight is 1250 g/mol. The fourth-order valence-corrected chi connectivity index (χ4v) is 12.3. The number of allylic oxidation sites excluding steroid dienone is 3. The maximum Gasteiger partial charge on any atom is 0.410 e. The Bertz CT molecular complexity index is 2610. The first kappa shape index (κ1) is 73.4. The molecule has 0 aromatic heterocycles. The molecule has 3 saturated heterocycles. The number of rotatable bonds is 39. The summed E-state index contributed by atoms with van der Waals surface area (Å²) in [5.74, 6) is -1.58. The Balaban J connectivity index is 0.946. The summed E-state index contributed by atoms with van der Waals surface area (Å²) < 4.78 is 34.9. The average Bonchev–Trinajstić information content (AvgIpc) is 1.85. The number of nitrogens with two attached hydrogens (primary N) is 1. The molecule has 0 radical (unpaired) electrons. The number of amides is 7. The molecule has 4 heterocycles. The number of urea groups is 1. The van der Waals surface area contributed by atoms with Crippen molar-refractivity contribution in [2.45, 2.75) is 207 Å². The monoisotopic (exact) mass is 1250 g/mol. The van der Waals surface area contributed by atoms with Gasteiger partial charge in [-0.05, 0) is 113 Å². The van der Waals surface area contributed by atoms with Gasteiger partial charge in [0.25, 0.3) is 11.8 Å². The van der Waals surface area contributed by atoms with E-state index in [9.17, 15) is 48.3 Å². The van der Waals surface area contributed by atoms with Crippen molar-refractivity contribution in [2.75, 3.05) is 60.2 Å². The number of epoxide rings is 1. The second kappa shape index (κ2) is 36.5. The standard InChI is InChI=1S/C67H102N6O16/c1-43(2)55(39-53(76)18-12-11-13-33-73-58(78)28-29-59(73)79)63(80)70-56(19-15-32-69-64(68)81)57(77)38-49-21-23-50(24-22-49)42-87-65(82)71(9)51-30-34-72(41-51)66(83)86-37-36-85-35-31-52(75)25-27-54-26-20-46(5)60(88-54)45(4)17-14-16-44(3)40-67(8)62(89-67)47(6)61(84-10)48(7)74/h14,16-17,21-24,28-29,43-44,46-48,51,54-56,60-62,74H,11-13,15,18-20,25-27,30-42H2,1-10H3,(H,70,80)(H3,68,69,81)/b16-14+,45-17+/t44-,46+,47-,48-,51?,54-,55+,56+,60-,61-,62-,67-/m1/s1. The molecule has 7 amide bonds. The maximum atomic E-state index is 13.8. The lowest BCUT2D eigenvalue weighted by Gasteiger charge is -2.35. The highest BCUT2D eigenvalue weighted by molar-refractivity contribution is 6.12. The van der Waals surface area contributed by atoms with Gasteiger partial charge < -0.3 is 59.7 Å². The predicted molar refractivity (Wildman–Crippen MR) is 334 cm³/mol. The largest absolute Gasteiger partial charge is 0.447 e. The number of hydrogen-bond acceptors (Lipinski definition) is 16. The first-order chi connectivity index (χ1) is 42.3. The molecule has 1 aromatic rings. The van der Waals surface area contributed by atoms with Gasteiger partial charge in [-0.2, -0.15) is 0 Å². The molecule has 22 nitrogen and oxygen atoms in total. The van der Waals surface area contributed by atoms with Crippen molar-refractivity contribution in [1.82, 2.24) is 25.3 Å². The van der Waals surface area contributed by atoms with Crippen molar-refractivity contribution >= 4 is 53.3 Å². The molecular formula is C67H102N6O16. The van der Waals surface area contributed by atoms with E-state index in [0.717, 1.165) is 29.7 Å². The van der Waals surface area contributed by atoms with Crippen LogP contribution in [0, 0.1) is 29.6 Å². The van der Waals surface area contributed by atoms with Crippen molar-refractivity contribution in [3.05, 3.63) is 71.3 Å². The minimum Gasteiger partial charge on any atom is -0.447 e. The van der Waals surface area contributed by atoms with Crippen LogP contribution in [0.5, 0.6) is 0 Å². The number of carbonyl (C=O) groups is 9. The highest BCUT2D eigenvalue weighted by atomic mass is 16.6. The third-order valence-electron chi connectivity index (χ3n) is 17.7. The van der Waals surface area contributed by atoms with E-state index < -0.39 is 42.2 Å². The van der Waals surface area contributed by atoms with Gasteiger partial charge in [0.05, 0.1) is 61.4 Å².